The van der Waals surface area contributed by atoms with Crippen LogP contribution in [0.1, 0.15) is 28.9 Å². The third kappa shape index (κ3) is 4.52. The highest BCUT2D eigenvalue weighted by molar-refractivity contribution is 7.89. The van der Waals surface area contributed by atoms with Gasteiger partial charge in [0.25, 0.3) is 5.91 Å². The van der Waals surface area contributed by atoms with Gasteiger partial charge in [-0.1, -0.05) is 23.7 Å². The van der Waals surface area contributed by atoms with E-state index in [1.165, 1.54) is 34.6 Å². The van der Waals surface area contributed by atoms with Crippen molar-refractivity contribution in [3.05, 3.63) is 64.4 Å². The molecule has 1 aliphatic rings. The molecule has 0 saturated carbocycles. The lowest BCUT2D eigenvalue weighted by Crippen LogP contribution is -2.40. The smallest absolute Gasteiger partial charge is 0.253 e. The average molecular weight is 427 g/mol. The van der Waals surface area contributed by atoms with Gasteiger partial charge in [-0.3, -0.25) is 4.79 Å². The molecule has 6 nitrogen and oxygen atoms in total. The predicted octanol–water partition coefficient (Wildman–Crippen LogP) is 2.99. The Morgan fingerprint density at radius 1 is 1.18 bits per heavy atom. The number of hydrogen-bond donors (Lipinski definition) is 1. The predicted molar refractivity (Wildman–Crippen MR) is 103 cm³/mol. The van der Waals surface area contributed by atoms with Crippen LogP contribution in [0.3, 0.4) is 0 Å². The topological polar surface area (TPSA) is 75.7 Å². The summed E-state index contributed by atoms with van der Waals surface area (Å²) < 4.78 is 45.2. The summed E-state index contributed by atoms with van der Waals surface area (Å²) in [6.45, 7) is 2.92. The average Bonchev–Trinajstić information content (AvgIpc) is 2.69. The molecule has 9 heteroatoms. The summed E-state index contributed by atoms with van der Waals surface area (Å²) in [6.07, 6.45) is 0. The monoisotopic (exact) mass is 426 g/mol. The molecule has 0 unspecified atom stereocenters. The number of halogens is 2. The molecule has 1 fully saturated rings. The Morgan fingerprint density at radius 3 is 2.46 bits per heavy atom. The molecule has 1 amide bonds. The van der Waals surface area contributed by atoms with Crippen molar-refractivity contribution < 1.29 is 22.3 Å². The number of hydrogen-bond acceptors (Lipinski definition) is 4. The van der Waals surface area contributed by atoms with Crippen LogP contribution in [0.15, 0.2) is 47.4 Å². The molecule has 1 heterocycles. The fourth-order valence-electron chi connectivity index (χ4n) is 2.88. The van der Waals surface area contributed by atoms with Gasteiger partial charge in [0.05, 0.1) is 34.7 Å². The second-order valence-electron chi connectivity index (χ2n) is 6.40. The number of rotatable bonds is 5. The zero-order chi connectivity index (χ0) is 20.3. The van der Waals surface area contributed by atoms with Gasteiger partial charge >= 0.3 is 0 Å². The summed E-state index contributed by atoms with van der Waals surface area (Å²) in [5.74, 6) is -0.882. The van der Waals surface area contributed by atoms with Gasteiger partial charge in [-0.05, 0) is 42.8 Å². The molecule has 0 aromatic heterocycles. The minimum absolute atomic E-state index is 0.00150. The van der Waals surface area contributed by atoms with Crippen molar-refractivity contribution in [2.24, 2.45) is 0 Å². The molecule has 0 spiro atoms. The van der Waals surface area contributed by atoms with Crippen molar-refractivity contribution in [2.75, 3.05) is 26.3 Å². The van der Waals surface area contributed by atoms with Crippen LogP contribution in [0, 0.1) is 5.82 Å². The van der Waals surface area contributed by atoms with Crippen LogP contribution in [-0.2, 0) is 14.8 Å². The molecule has 1 aliphatic heterocycles. The SMILES string of the molecule is C[C@H](NC(=O)c1cc(S(=O)(=O)N2CCOCC2)ccc1Cl)c1ccc(F)cc1. The molecule has 2 aromatic carbocycles. The third-order valence-electron chi connectivity index (χ3n) is 4.51. The van der Waals surface area contributed by atoms with Gasteiger partial charge < -0.3 is 10.1 Å². The largest absolute Gasteiger partial charge is 0.379 e. The van der Waals surface area contributed by atoms with Gasteiger partial charge in [-0.25, -0.2) is 12.8 Å². The molecular weight excluding hydrogens is 407 g/mol. The maximum Gasteiger partial charge on any atom is 0.253 e. The summed E-state index contributed by atoms with van der Waals surface area (Å²) in [5, 5.41) is 2.90. The van der Waals surface area contributed by atoms with Gasteiger partial charge in [0.15, 0.2) is 0 Å². The Labute approximate surface area is 168 Å². The summed E-state index contributed by atoms with van der Waals surface area (Å²) in [7, 11) is -3.75. The fraction of sp³-hybridized carbons (Fsp3) is 0.316. The molecule has 1 atom stereocenters. The van der Waals surface area contributed by atoms with Crippen LogP contribution in [0.25, 0.3) is 0 Å². The Balaban J connectivity index is 1.82. The van der Waals surface area contributed by atoms with E-state index in [0.29, 0.717) is 18.8 Å². The lowest BCUT2D eigenvalue weighted by molar-refractivity contribution is 0.0730. The Bertz CT molecular complexity index is 960. The number of nitrogens with one attached hydrogen (secondary N) is 1. The number of sulfonamides is 1. The number of carbonyl (C=O) groups excluding carboxylic acids is 1. The van der Waals surface area contributed by atoms with E-state index in [2.05, 4.69) is 5.32 Å². The first-order chi connectivity index (χ1) is 13.3. The van der Waals surface area contributed by atoms with Gasteiger partial charge in [0, 0.05) is 13.1 Å². The summed E-state index contributed by atoms with van der Waals surface area (Å²) in [6, 6.07) is 9.40. The summed E-state index contributed by atoms with van der Waals surface area (Å²) in [4.78, 5) is 12.7. The molecule has 0 radical (unpaired) electrons. The first-order valence-electron chi connectivity index (χ1n) is 8.73. The van der Waals surface area contributed by atoms with E-state index < -0.39 is 22.0 Å². The number of ether oxygens (including phenoxy) is 1. The van der Waals surface area contributed by atoms with Crippen molar-refractivity contribution in [2.45, 2.75) is 17.9 Å². The van der Waals surface area contributed by atoms with Crippen molar-refractivity contribution in [1.29, 1.82) is 0 Å². The normalized spacial score (nSPS) is 16.5. The zero-order valence-corrected chi connectivity index (χ0v) is 16.8. The quantitative estimate of drug-likeness (QED) is 0.797. The first-order valence-corrected chi connectivity index (χ1v) is 10.5. The molecule has 0 bridgehead atoms. The van der Waals surface area contributed by atoms with E-state index in [1.54, 1.807) is 19.1 Å². The molecule has 3 rings (SSSR count). The van der Waals surface area contributed by atoms with Gasteiger partial charge in [0.2, 0.25) is 10.0 Å². The van der Waals surface area contributed by atoms with Crippen LogP contribution in [-0.4, -0.2) is 44.9 Å². The zero-order valence-electron chi connectivity index (χ0n) is 15.2. The van der Waals surface area contributed by atoms with Crippen molar-refractivity contribution >= 4 is 27.5 Å². The van der Waals surface area contributed by atoms with E-state index >= 15 is 0 Å². The van der Waals surface area contributed by atoms with Gasteiger partial charge in [0.1, 0.15) is 5.82 Å². The third-order valence-corrected chi connectivity index (χ3v) is 6.73. The van der Waals surface area contributed by atoms with Gasteiger partial charge in [-0.15, -0.1) is 0 Å². The van der Waals surface area contributed by atoms with E-state index in [1.807, 2.05) is 0 Å². The fourth-order valence-corrected chi connectivity index (χ4v) is 4.52. The summed E-state index contributed by atoms with van der Waals surface area (Å²) >= 11 is 6.14. The van der Waals surface area contributed by atoms with Crippen LogP contribution < -0.4 is 5.32 Å². The first kappa shape index (κ1) is 20.7. The van der Waals surface area contributed by atoms with Crippen LogP contribution in [0.5, 0.6) is 0 Å². The molecule has 1 N–H and O–H groups in total. The number of carbonyl (C=O) groups is 1. The van der Waals surface area contributed by atoms with E-state index in [9.17, 15) is 17.6 Å². The molecule has 1 saturated heterocycles. The van der Waals surface area contributed by atoms with Crippen LogP contribution in [0.4, 0.5) is 4.39 Å². The highest BCUT2D eigenvalue weighted by atomic mass is 35.5. The Morgan fingerprint density at radius 2 is 1.82 bits per heavy atom. The molecule has 28 heavy (non-hydrogen) atoms. The van der Waals surface area contributed by atoms with Crippen LogP contribution in [0.2, 0.25) is 5.02 Å². The maximum absolute atomic E-state index is 13.1. The molecule has 2 aromatic rings. The number of amides is 1. The van der Waals surface area contributed by atoms with Crippen molar-refractivity contribution in [1.82, 2.24) is 9.62 Å². The standard InChI is InChI=1S/C19H20ClFN2O4S/c1-13(14-2-4-15(21)5-3-14)22-19(24)17-12-16(6-7-18(17)20)28(25,26)23-8-10-27-11-9-23/h2-7,12-13H,8-11H2,1H3,(H,22,24)/t13-/m0/s1. The minimum Gasteiger partial charge on any atom is -0.379 e. The summed E-state index contributed by atoms with van der Waals surface area (Å²) in [5.41, 5.74) is 0.771. The second-order valence-corrected chi connectivity index (χ2v) is 8.75. The second kappa shape index (κ2) is 8.57. The number of nitrogens with zero attached hydrogens (tertiary/aromatic N) is 1. The minimum atomic E-state index is -3.75. The number of benzene rings is 2. The van der Waals surface area contributed by atoms with E-state index in [0.717, 1.165) is 0 Å². The maximum atomic E-state index is 13.1. The molecule has 0 aliphatic carbocycles. The lowest BCUT2D eigenvalue weighted by Gasteiger charge is -2.26. The van der Waals surface area contributed by atoms with E-state index in [4.69, 9.17) is 16.3 Å². The Hall–Kier alpha value is -2.00. The van der Waals surface area contributed by atoms with Gasteiger partial charge in [-0.2, -0.15) is 4.31 Å². The highest BCUT2D eigenvalue weighted by Crippen LogP contribution is 2.24. The Kier molecular flexibility index (Phi) is 6.34. The van der Waals surface area contributed by atoms with Crippen LogP contribution >= 0.6 is 11.6 Å². The van der Waals surface area contributed by atoms with Crippen molar-refractivity contribution in [3.8, 4) is 0 Å². The highest BCUT2D eigenvalue weighted by Gasteiger charge is 2.27. The van der Waals surface area contributed by atoms with E-state index in [-0.39, 0.29) is 34.4 Å². The number of morpholine rings is 1. The molecular formula is C19H20ClFN2O4S. The molecule has 150 valence electrons. The van der Waals surface area contributed by atoms with Crippen molar-refractivity contribution in [3.63, 3.8) is 0 Å². The lowest BCUT2D eigenvalue weighted by atomic mass is 10.1.